The first-order valence-corrected chi connectivity index (χ1v) is 7.45. The van der Waals surface area contributed by atoms with Crippen LogP contribution in [0.3, 0.4) is 0 Å². The second-order valence-electron chi connectivity index (χ2n) is 6.34. The van der Waals surface area contributed by atoms with Gasteiger partial charge in [-0.1, -0.05) is 0 Å². The van der Waals surface area contributed by atoms with Gasteiger partial charge in [0.15, 0.2) is 0 Å². The highest BCUT2D eigenvalue weighted by Crippen LogP contribution is 2.29. The highest BCUT2D eigenvalue weighted by molar-refractivity contribution is 5.88. The number of anilines is 1. The van der Waals surface area contributed by atoms with Gasteiger partial charge in [-0.3, -0.25) is 0 Å². The van der Waals surface area contributed by atoms with Gasteiger partial charge in [-0.2, -0.15) is 5.26 Å². The minimum absolute atomic E-state index is 0.272. The number of carboxylic acid groups (broad SMARTS) is 1. The maximum absolute atomic E-state index is 11.0. The molecule has 0 fully saturated rings. The zero-order valence-electron chi connectivity index (χ0n) is 12.7. The van der Waals surface area contributed by atoms with Crippen LogP contribution in [0.15, 0.2) is 18.2 Å². The van der Waals surface area contributed by atoms with E-state index in [2.05, 4.69) is 11.0 Å². The average Bonchev–Trinajstić information content (AvgIpc) is 2.46. The summed E-state index contributed by atoms with van der Waals surface area (Å²) in [5, 5.41) is 18.1. The number of fused-ring (bicyclic) bond motifs is 1. The van der Waals surface area contributed by atoms with Crippen molar-refractivity contribution in [3.05, 3.63) is 29.3 Å². The predicted octanol–water partition coefficient (Wildman–Crippen LogP) is 3.47. The van der Waals surface area contributed by atoms with E-state index in [4.69, 9.17) is 10.4 Å². The van der Waals surface area contributed by atoms with E-state index < -0.39 is 5.97 Å². The molecule has 21 heavy (non-hydrogen) atoms. The lowest BCUT2D eigenvalue weighted by Crippen LogP contribution is -2.31. The molecule has 1 heterocycles. The van der Waals surface area contributed by atoms with Crippen molar-refractivity contribution in [1.82, 2.24) is 0 Å². The van der Waals surface area contributed by atoms with Crippen molar-refractivity contribution >= 4 is 11.7 Å². The van der Waals surface area contributed by atoms with Gasteiger partial charge >= 0.3 is 5.97 Å². The van der Waals surface area contributed by atoms with Crippen molar-refractivity contribution in [2.75, 3.05) is 18.0 Å². The van der Waals surface area contributed by atoms with Crippen LogP contribution in [0.4, 0.5) is 5.69 Å². The standard InChI is InChI=1S/C17H22N2O2/c1-17(2,12-18)8-4-10-19-9-3-5-13-11-14(16(20)21)6-7-15(13)19/h6-7,11H,3-5,8-10H2,1-2H3,(H,20,21). The minimum atomic E-state index is -0.870. The summed E-state index contributed by atoms with van der Waals surface area (Å²) >= 11 is 0. The summed E-state index contributed by atoms with van der Waals surface area (Å²) in [6.07, 6.45) is 3.84. The van der Waals surface area contributed by atoms with Gasteiger partial charge in [0.05, 0.1) is 17.0 Å². The Morgan fingerprint density at radius 1 is 1.48 bits per heavy atom. The van der Waals surface area contributed by atoms with Crippen molar-refractivity contribution in [3.63, 3.8) is 0 Å². The summed E-state index contributed by atoms with van der Waals surface area (Å²) in [7, 11) is 0. The molecule has 0 unspecified atom stereocenters. The topological polar surface area (TPSA) is 64.3 Å². The van der Waals surface area contributed by atoms with Crippen LogP contribution in [0.25, 0.3) is 0 Å². The molecule has 0 aliphatic carbocycles. The van der Waals surface area contributed by atoms with Crippen LogP contribution >= 0.6 is 0 Å². The molecular weight excluding hydrogens is 264 g/mol. The smallest absolute Gasteiger partial charge is 0.335 e. The Hall–Kier alpha value is -2.02. The van der Waals surface area contributed by atoms with Crippen LogP contribution in [0, 0.1) is 16.7 Å². The third-order valence-corrected chi connectivity index (χ3v) is 4.07. The van der Waals surface area contributed by atoms with Gasteiger partial charge in [0, 0.05) is 18.8 Å². The second kappa shape index (κ2) is 6.17. The molecule has 2 rings (SSSR count). The molecule has 0 radical (unpaired) electrons. The quantitative estimate of drug-likeness (QED) is 0.900. The number of rotatable bonds is 5. The summed E-state index contributed by atoms with van der Waals surface area (Å²) in [5.41, 5.74) is 2.37. The van der Waals surface area contributed by atoms with Crippen molar-refractivity contribution in [1.29, 1.82) is 5.26 Å². The molecule has 0 amide bonds. The van der Waals surface area contributed by atoms with Gasteiger partial charge in [-0.05, 0) is 63.3 Å². The Balaban J connectivity index is 2.05. The molecule has 1 N–H and O–H groups in total. The third-order valence-electron chi connectivity index (χ3n) is 4.07. The molecule has 1 aromatic rings. The Morgan fingerprint density at radius 2 is 2.24 bits per heavy atom. The van der Waals surface area contributed by atoms with Crippen molar-refractivity contribution < 1.29 is 9.90 Å². The first-order valence-electron chi connectivity index (χ1n) is 7.45. The van der Waals surface area contributed by atoms with Crippen molar-refractivity contribution in [2.24, 2.45) is 5.41 Å². The Bertz CT molecular complexity index is 573. The fraction of sp³-hybridized carbons (Fsp3) is 0.529. The lowest BCUT2D eigenvalue weighted by molar-refractivity contribution is 0.0696. The molecule has 0 atom stereocenters. The zero-order valence-corrected chi connectivity index (χ0v) is 12.7. The summed E-state index contributed by atoms with van der Waals surface area (Å²) in [4.78, 5) is 13.4. The first-order chi connectivity index (χ1) is 9.93. The lowest BCUT2D eigenvalue weighted by Gasteiger charge is -2.32. The van der Waals surface area contributed by atoms with Crippen LogP contribution in [0.5, 0.6) is 0 Å². The maximum atomic E-state index is 11.0. The van der Waals surface area contributed by atoms with Gasteiger partial charge in [-0.25, -0.2) is 4.79 Å². The van der Waals surface area contributed by atoms with E-state index >= 15 is 0 Å². The molecule has 0 aromatic heterocycles. The number of nitriles is 1. The molecule has 0 spiro atoms. The highest BCUT2D eigenvalue weighted by atomic mass is 16.4. The summed E-state index contributed by atoms with van der Waals surface area (Å²) in [6, 6.07) is 7.73. The fourth-order valence-electron chi connectivity index (χ4n) is 2.81. The first kappa shape index (κ1) is 15.4. The van der Waals surface area contributed by atoms with Crippen LogP contribution in [-0.4, -0.2) is 24.2 Å². The summed E-state index contributed by atoms with van der Waals surface area (Å²) in [5.74, 6) is -0.870. The minimum Gasteiger partial charge on any atom is -0.478 e. The molecule has 112 valence electrons. The number of hydrogen-bond acceptors (Lipinski definition) is 3. The largest absolute Gasteiger partial charge is 0.478 e. The molecule has 1 aromatic carbocycles. The molecule has 1 aliphatic heterocycles. The van der Waals surface area contributed by atoms with Gasteiger partial charge in [0.2, 0.25) is 0 Å². The molecule has 1 aliphatic rings. The van der Waals surface area contributed by atoms with E-state index in [1.165, 1.54) is 0 Å². The van der Waals surface area contributed by atoms with Crippen molar-refractivity contribution in [2.45, 2.75) is 39.5 Å². The van der Waals surface area contributed by atoms with E-state index in [1.54, 1.807) is 12.1 Å². The molecular formula is C17H22N2O2. The number of hydrogen-bond donors (Lipinski definition) is 1. The number of aryl methyl sites for hydroxylation is 1. The maximum Gasteiger partial charge on any atom is 0.335 e. The van der Waals surface area contributed by atoms with Crippen molar-refractivity contribution in [3.8, 4) is 6.07 Å². The summed E-state index contributed by atoms with van der Waals surface area (Å²) in [6.45, 7) is 5.86. The lowest BCUT2D eigenvalue weighted by atomic mass is 9.89. The predicted molar refractivity (Wildman–Crippen MR) is 82.6 cm³/mol. The number of nitrogens with zero attached hydrogens (tertiary/aromatic N) is 2. The molecule has 0 saturated heterocycles. The molecule has 0 bridgehead atoms. The van der Waals surface area contributed by atoms with Gasteiger partial charge in [-0.15, -0.1) is 0 Å². The van der Waals surface area contributed by atoms with Crippen LogP contribution < -0.4 is 4.90 Å². The van der Waals surface area contributed by atoms with E-state index in [0.717, 1.165) is 50.0 Å². The van der Waals surface area contributed by atoms with E-state index in [1.807, 2.05) is 19.9 Å². The number of carboxylic acids is 1. The molecule has 4 nitrogen and oxygen atoms in total. The summed E-state index contributed by atoms with van der Waals surface area (Å²) < 4.78 is 0. The van der Waals surface area contributed by atoms with Gasteiger partial charge in [0.25, 0.3) is 0 Å². The van der Waals surface area contributed by atoms with Gasteiger partial charge in [0.1, 0.15) is 0 Å². The SMILES string of the molecule is CC(C)(C#N)CCCN1CCCc2cc(C(=O)O)ccc21. The second-order valence-corrected chi connectivity index (χ2v) is 6.34. The normalized spacial score (nSPS) is 14.4. The van der Waals surface area contributed by atoms with Crippen LogP contribution in [0.1, 0.15) is 49.0 Å². The Morgan fingerprint density at radius 3 is 2.90 bits per heavy atom. The number of aromatic carboxylic acids is 1. The van der Waals surface area contributed by atoms with E-state index in [9.17, 15) is 4.79 Å². The van der Waals surface area contributed by atoms with E-state index in [-0.39, 0.29) is 5.41 Å². The Kier molecular flexibility index (Phi) is 4.52. The number of benzene rings is 1. The van der Waals surface area contributed by atoms with Gasteiger partial charge < -0.3 is 10.0 Å². The molecule has 0 saturated carbocycles. The Labute approximate surface area is 126 Å². The zero-order chi connectivity index (χ0) is 15.5. The van der Waals surface area contributed by atoms with Crippen LogP contribution in [0.2, 0.25) is 0 Å². The van der Waals surface area contributed by atoms with E-state index in [0.29, 0.717) is 5.56 Å². The molecule has 4 heteroatoms. The van der Waals surface area contributed by atoms with Crippen LogP contribution in [-0.2, 0) is 6.42 Å². The third kappa shape index (κ3) is 3.75. The number of carbonyl (C=O) groups is 1. The highest BCUT2D eigenvalue weighted by Gasteiger charge is 2.20. The fourth-order valence-corrected chi connectivity index (χ4v) is 2.81. The average molecular weight is 286 g/mol. The monoisotopic (exact) mass is 286 g/mol.